The normalized spacial score (nSPS) is 12.2. The third kappa shape index (κ3) is 3.77. The summed E-state index contributed by atoms with van der Waals surface area (Å²) in [5.74, 6) is -8.78. The van der Waals surface area contributed by atoms with Gasteiger partial charge in [0.25, 0.3) is 0 Å². The van der Waals surface area contributed by atoms with Crippen LogP contribution in [-0.2, 0) is 9.53 Å². The second-order valence-corrected chi connectivity index (χ2v) is 3.94. The van der Waals surface area contributed by atoms with Gasteiger partial charge in [0, 0.05) is 5.56 Å². The summed E-state index contributed by atoms with van der Waals surface area (Å²) in [4.78, 5) is 20.6. The third-order valence-corrected chi connectivity index (χ3v) is 2.55. The number of phenolic OH excluding ortho intramolecular Hbond substituents is 1. The maximum Gasteiger partial charge on any atom is 0.379 e. The molecule has 0 unspecified atom stereocenters. The fourth-order valence-corrected chi connectivity index (χ4v) is 1.53. The lowest BCUT2D eigenvalue weighted by Crippen LogP contribution is -2.41. The average Bonchev–Trinajstić information content (AvgIpc) is 2.40. The van der Waals surface area contributed by atoms with Gasteiger partial charge in [0.2, 0.25) is 0 Å². The molecule has 0 aliphatic heterocycles. The minimum atomic E-state index is -4.30. The fourth-order valence-electron chi connectivity index (χ4n) is 1.53. The topological polar surface area (TPSA) is 116 Å². The highest BCUT2D eigenvalue weighted by molar-refractivity contribution is 5.85. The van der Waals surface area contributed by atoms with Gasteiger partial charge in [0.05, 0.1) is 17.6 Å². The molecule has 0 aromatic heterocycles. The first-order valence-electron chi connectivity index (χ1n) is 5.60. The lowest BCUT2D eigenvalue weighted by Gasteiger charge is -2.22. The average molecular weight is 345 g/mol. The Balaban J connectivity index is 0.00000441. The number of ether oxygens (including phenoxy) is 1. The number of nitrogens with two attached hydrogens (primary N) is 1. The van der Waals surface area contributed by atoms with E-state index < -0.39 is 45.7 Å². The number of carbonyl (C=O) groups is 1. The quantitative estimate of drug-likeness (QED) is 0.480. The van der Waals surface area contributed by atoms with E-state index >= 15 is 0 Å². The second-order valence-electron chi connectivity index (χ2n) is 3.94. The molecule has 0 radical (unpaired) electrons. The zero-order valence-electron chi connectivity index (χ0n) is 11.1. The van der Waals surface area contributed by atoms with Crippen molar-refractivity contribution < 1.29 is 32.7 Å². The molecule has 0 spiro atoms. The van der Waals surface area contributed by atoms with E-state index in [1.165, 1.54) is 6.92 Å². The molecule has 3 N–H and O–H groups in total. The van der Waals surface area contributed by atoms with Crippen LogP contribution in [-0.4, -0.2) is 28.5 Å². The number of hydrogen-bond donors (Lipinski definition) is 2. The Labute approximate surface area is 128 Å². The smallest absolute Gasteiger partial charge is 0.379 e. The van der Waals surface area contributed by atoms with E-state index in [0.29, 0.717) is 12.1 Å². The van der Waals surface area contributed by atoms with Crippen molar-refractivity contribution in [1.82, 2.24) is 0 Å². The Morgan fingerprint density at radius 3 is 2.55 bits per heavy atom. The number of benzene rings is 1. The highest BCUT2D eigenvalue weighted by Gasteiger charge is 2.49. The molecule has 1 rings (SSSR count). The van der Waals surface area contributed by atoms with Crippen LogP contribution >= 0.6 is 12.4 Å². The molecule has 124 valence electrons. The first kappa shape index (κ1) is 19.9. The van der Waals surface area contributed by atoms with Gasteiger partial charge in [-0.1, -0.05) is 0 Å². The highest BCUT2D eigenvalue weighted by atomic mass is 35.5. The number of carbonyl (C=O) groups excluding carboxylic acids is 1. The number of nitro groups is 1. The van der Waals surface area contributed by atoms with E-state index in [-0.39, 0.29) is 19.0 Å². The maximum atomic E-state index is 13.7. The van der Waals surface area contributed by atoms with Gasteiger partial charge < -0.3 is 15.6 Å². The summed E-state index contributed by atoms with van der Waals surface area (Å²) < 4.78 is 44.8. The van der Waals surface area contributed by atoms with E-state index in [2.05, 4.69) is 4.74 Å². The van der Waals surface area contributed by atoms with Gasteiger partial charge in [-0.25, -0.2) is 9.18 Å². The minimum absolute atomic E-state index is 0. The van der Waals surface area contributed by atoms with Crippen molar-refractivity contribution >= 4 is 24.1 Å². The van der Waals surface area contributed by atoms with Crippen LogP contribution in [0.5, 0.6) is 5.75 Å². The molecule has 0 aliphatic rings. The maximum absolute atomic E-state index is 13.7. The standard InChI is InChI=1S/C11H11F3N2O5.ClH/c1-2-21-10(18)11(13,14)9(15)6-3-5(12)4-7(8(6)17)16(19)20;/h3-4,9,17H,2,15H2,1H3;1H/t9-;/m1./s1. The van der Waals surface area contributed by atoms with Crippen LogP contribution in [0, 0.1) is 15.9 Å². The monoisotopic (exact) mass is 344 g/mol. The Hall–Kier alpha value is -2.07. The number of aromatic hydroxyl groups is 1. The van der Waals surface area contributed by atoms with Gasteiger partial charge in [-0.05, 0) is 13.0 Å². The molecule has 7 nitrogen and oxygen atoms in total. The van der Waals surface area contributed by atoms with Gasteiger partial charge in [0.1, 0.15) is 11.9 Å². The first-order chi connectivity index (χ1) is 9.62. The zero-order valence-corrected chi connectivity index (χ0v) is 11.9. The number of halogens is 4. The van der Waals surface area contributed by atoms with Crippen LogP contribution in [0.4, 0.5) is 18.9 Å². The summed E-state index contributed by atoms with van der Waals surface area (Å²) in [5, 5.41) is 20.1. The summed E-state index contributed by atoms with van der Waals surface area (Å²) >= 11 is 0. The Morgan fingerprint density at radius 2 is 2.09 bits per heavy atom. The van der Waals surface area contributed by atoms with Gasteiger partial charge in [-0.15, -0.1) is 12.4 Å². The first-order valence-corrected chi connectivity index (χ1v) is 5.60. The molecule has 0 saturated heterocycles. The van der Waals surface area contributed by atoms with Crippen molar-refractivity contribution in [2.24, 2.45) is 5.73 Å². The number of hydrogen-bond acceptors (Lipinski definition) is 6. The lowest BCUT2D eigenvalue weighted by molar-refractivity contribution is -0.386. The van der Waals surface area contributed by atoms with E-state index in [1.807, 2.05) is 0 Å². The molecule has 0 heterocycles. The molecule has 1 aromatic carbocycles. The summed E-state index contributed by atoms with van der Waals surface area (Å²) in [6.07, 6.45) is 0. The van der Waals surface area contributed by atoms with Gasteiger partial charge in [-0.2, -0.15) is 8.78 Å². The molecule has 11 heteroatoms. The fraction of sp³-hybridized carbons (Fsp3) is 0.364. The molecule has 0 amide bonds. The second kappa shape index (κ2) is 7.27. The number of phenols is 1. The summed E-state index contributed by atoms with van der Waals surface area (Å²) in [7, 11) is 0. The molecule has 1 atom stereocenters. The Bertz CT molecular complexity index is 585. The summed E-state index contributed by atoms with van der Waals surface area (Å²) in [6.45, 7) is 0.931. The Kier molecular flexibility index (Phi) is 6.59. The minimum Gasteiger partial charge on any atom is -0.502 e. The van der Waals surface area contributed by atoms with Crippen molar-refractivity contribution in [3.05, 3.63) is 33.6 Å². The van der Waals surface area contributed by atoms with Crippen molar-refractivity contribution in [2.75, 3.05) is 6.61 Å². The molecule has 0 saturated carbocycles. The van der Waals surface area contributed by atoms with Gasteiger partial charge >= 0.3 is 17.6 Å². The van der Waals surface area contributed by atoms with E-state index in [4.69, 9.17) is 5.73 Å². The SMILES string of the molecule is CCOC(=O)C(F)(F)[C@H](N)c1cc(F)cc([N+](=O)[O-])c1O.Cl. The number of rotatable bonds is 5. The number of nitrogens with zero attached hydrogens (tertiary/aromatic N) is 1. The van der Waals surface area contributed by atoms with Gasteiger partial charge in [0.15, 0.2) is 5.75 Å². The highest BCUT2D eigenvalue weighted by Crippen LogP contribution is 2.39. The molecule has 22 heavy (non-hydrogen) atoms. The predicted molar refractivity (Wildman–Crippen MR) is 70.5 cm³/mol. The summed E-state index contributed by atoms with van der Waals surface area (Å²) in [6, 6.07) is -1.78. The van der Waals surface area contributed by atoms with Gasteiger partial charge in [-0.3, -0.25) is 10.1 Å². The van der Waals surface area contributed by atoms with E-state index in [1.54, 1.807) is 0 Å². The number of nitro benzene ring substituents is 1. The largest absolute Gasteiger partial charge is 0.502 e. The molecule has 0 fully saturated rings. The molecule has 0 bridgehead atoms. The van der Waals surface area contributed by atoms with E-state index in [0.717, 1.165) is 0 Å². The van der Waals surface area contributed by atoms with E-state index in [9.17, 15) is 33.2 Å². The van der Waals surface area contributed by atoms with Crippen LogP contribution in [0.25, 0.3) is 0 Å². The lowest BCUT2D eigenvalue weighted by atomic mass is 9.99. The van der Waals surface area contributed by atoms with Crippen LogP contribution < -0.4 is 5.73 Å². The molecule has 1 aromatic rings. The summed E-state index contributed by atoms with van der Waals surface area (Å²) in [5.41, 5.74) is 3.03. The van der Waals surface area contributed by atoms with Crippen LogP contribution in [0.15, 0.2) is 12.1 Å². The van der Waals surface area contributed by atoms with Crippen molar-refractivity contribution in [2.45, 2.75) is 18.9 Å². The zero-order chi connectivity index (χ0) is 16.4. The third-order valence-electron chi connectivity index (χ3n) is 2.55. The van der Waals surface area contributed by atoms with Crippen LogP contribution in [0.3, 0.4) is 0 Å². The van der Waals surface area contributed by atoms with Crippen molar-refractivity contribution in [3.8, 4) is 5.75 Å². The molecule has 0 aliphatic carbocycles. The molecular weight excluding hydrogens is 333 g/mol. The van der Waals surface area contributed by atoms with Crippen molar-refractivity contribution in [1.29, 1.82) is 0 Å². The van der Waals surface area contributed by atoms with Crippen molar-refractivity contribution in [3.63, 3.8) is 0 Å². The Morgan fingerprint density at radius 1 is 1.55 bits per heavy atom. The van der Waals surface area contributed by atoms with Crippen LogP contribution in [0.1, 0.15) is 18.5 Å². The number of alkyl halides is 2. The number of esters is 1. The molecular formula is C11H12ClF3N2O5. The predicted octanol–water partition coefficient (Wildman–Crippen LogP) is 2.06. The van der Waals surface area contributed by atoms with Crippen LogP contribution in [0.2, 0.25) is 0 Å².